The first-order valence-electron chi connectivity index (χ1n) is 8.19. The van der Waals surface area contributed by atoms with Crippen molar-refractivity contribution in [2.24, 2.45) is 0 Å². The van der Waals surface area contributed by atoms with Gasteiger partial charge >= 0.3 is 0 Å². The summed E-state index contributed by atoms with van der Waals surface area (Å²) in [6, 6.07) is 6.20. The summed E-state index contributed by atoms with van der Waals surface area (Å²) in [5, 5.41) is 0. The summed E-state index contributed by atoms with van der Waals surface area (Å²) in [7, 11) is -3.04. The molecule has 0 bridgehead atoms. The maximum absolute atomic E-state index is 13.2. The second-order valence-corrected chi connectivity index (χ2v) is 8.90. The van der Waals surface area contributed by atoms with E-state index in [4.69, 9.17) is 0 Å². The third-order valence-corrected chi connectivity index (χ3v) is 6.82. The molecule has 6 heteroatoms. The summed E-state index contributed by atoms with van der Waals surface area (Å²) in [6.07, 6.45) is 3.93. The predicted molar refractivity (Wildman–Crippen MR) is 86.4 cm³/mol. The Morgan fingerprint density at radius 3 is 2.30 bits per heavy atom. The highest BCUT2D eigenvalue weighted by Crippen LogP contribution is 2.42. The van der Waals surface area contributed by atoms with Gasteiger partial charge in [-0.25, -0.2) is 12.8 Å². The van der Waals surface area contributed by atoms with E-state index in [0.717, 1.165) is 31.2 Å². The molecular weight excluding hydrogens is 317 g/mol. The van der Waals surface area contributed by atoms with Gasteiger partial charge in [0.15, 0.2) is 9.84 Å². The summed E-state index contributed by atoms with van der Waals surface area (Å²) in [5.41, 5.74) is 0.246. The standard InChI is InChI=1S/C17H22FNO3S/c18-15-6-4-14(5-7-15)17(8-1-2-9-17)16(20)19-10-3-12-23(21,22)13-11-19/h4-7H,1-3,8-13H2. The van der Waals surface area contributed by atoms with E-state index in [1.807, 2.05) is 0 Å². The Balaban J connectivity index is 1.89. The Morgan fingerprint density at radius 1 is 1.00 bits per heavy atom. The number of hydrogen-bond acceptors (Lipinski definition) is 3. The zero-order valence-electron chi connectivity index (χ0n) is 13.1. The molecule has 23 heavy (non-hydrogen) atoms. The third-order valence-electron chi connectivity index (χ3n) is 5.11. The highest BCUT2D eigenvalue weighted by Gasteiger charge is 2.45. The summed E-state index contributed by atoms with van der Waals surface area (Å²) in [5.74, 6) is -0.104. The normalized spacial score (nSPS) is 23.4. The van der Waals surface area contributed by atoms with Gasteiger partial charge in [-0.2, -0.15) is 0 Å². The van der Waals surface area contributed by atoms with Crippen LogP contribution in [0, 0.1) is 5.82 Å². The minimum atomic E-state index is -3.04. The van der Waals surface area contributed by atoms with Crippen LogP contribution in [0.1, 0.15) is 37.7 Å². The molecule has 1 heterocycles. The zero-order chi connectivity index (χ0) is 16.5. The van der Waals surface area contributed by atoms with Crippen LogP contribution < -0.4 is 0 Å². The van der Waals surface area contributed by atoms with E-state index in [1.54, 1.807) is 17.0 Å². The monoisotopic (exact) mass is 339 g/mol. The number of benzene rings is 1. The Kier molecular flexibility index (Phi) is 4.45. The van der Waals surface area contributed by atoms with Gasteiger partial charge in [0.25, 0.3) is 0 Å². The molecular formula is C17H22FNO3S. The van der Waals surface area contributed by atoms with Gasteiger partial charge in [0.05, 0.1) is 16.9 Å². The largest absolute Gasteiger partial charge is 0.341 e. The fraction of sp³-hybridized carbons (Fsp3) is 0.588. The fourth-order valence-corrected chi connectivity index (χ4v) is 5.09. The molecule has 0 unspecified atom stereocenters. The molecule has 0 atom stereocenters. The smallest absolute Gasteiger partial charge is 0.233 e. The molecule has 0 radical (unpaired) electrons. The van der Waals surface area contributed by atoms with Crippen LogP contribution in [0.4, 0.5) is 4.39 Å². The molecule has 126 valence electrons. The lowest BCUT2D eigenvalue weighted by Gasteiger charge is -2.34. The molecule has 1 aliphatic carbocycles. The summed E-state index contributed by atoms with van der Waals surface area (Å²) < 4.78 is 36.8. The Bertz CT molecular complexity index is 678. The summed E-state index contributed by atoms with van der Waals surface area (Å²) in [4.78, 5) is 14.9. The lowest BCUT2D eigenvalue weighted by Crippen LogP contribution is -2.46. The number of amides is 1. The molecule has 1 saturated carbocycles. The minimum Gasteiger partial charge on any atom is -0.341 e. The number of nitrogens with zero attached hydrogens (tertiary/aromatic N) is 1. The first-order valence-corrected chi connectivity index (χ1v) is 10.0. The van der Waals surface area contributed by atoms with E-state index in [-0.39, 0.29) is 29.8 Å². The van der Waals surface area contributed by atoms with Crippen LogP contribution in [0.3, 0.4) is 0 Å². The number of carbonyl (C=O) groups excluding carboxylic acids is 1. The van der Waals surface area contributed by atoms with E-state index in [2.05, 4.69) is 0 Å². The van der Waals surface area contributed by atoms with Crippen LogP contribution in [-0.2, 0) is 20.0 Å². The fourth-order valence-electron chi connectivity index (χ4n) is 3.82. The van der Waals surface area contributed by atoms with Gasteiger partial charge in [-0.1, -0.05) is 25.0 Å². The average molecular weight is 339 g/mol. The molecule has 0 aromatic heterocycles. The minimum absolute atomic E-state index is 0.0127. The van der Waals surface area contributed by atoms with Gasteiger partial charge in [0, 0.05) is 13.1 Å². The molecule has 2 fully saturated rings. The molecule has 0 N–H and O–H groups in total. The molecule has 1 aromatic carbocycles. The zero-order valence-corrected chi connectivity index (χ0v) is 13.9. The van der Waals surface area contributed by atoms with Crippen molar-refractivity contribution in [1.29, 1.82) is 0 Å². The van der Waals surface area contributed by atoms with Crippen molar-refractivity contribution in [3.8, 4) is 0 Å². The van der Waals surface area contributed by atoms with E-state index < -0.39 is 15.3 Å². The van der Waals surface area contributed by atoms with E-state index in [1.165, 1.54) is 12.1 Å². The molecule has 1 aliphatic heterocycles. The number of halogens is 1. The van der Waals surface area contributed by atoms with E-state index >= 15 is 0 Å². The Morgan fingerprint density at radius 2 is 1.65 bits per heavy atom. The SMILES string of the molecule is O=C(N1CCCS(=O)(=O)CC1)C1(c2ccc(F)cc2)CCCC1. The third kappa shape index (κ3) is 3.27. The topological polar surface area (TPSA) is 54.5 Å². The van der Waals surface area contributed by atoms with Crippen molar-refractivity contribution in [3.05, 3.63) is 35.6 Å². The number of carbonyl (C=O) groups is 1. The average Bonchev–Trinajstić information content (AvgIpc) is 2.94. The van der Waals surface area contributed by atoms with Gasteiger partial charge in [-0.3, -0.25) is 4.79 Å². The Labute approximate surface area is 136 Å². The van der Waals surface area contributed by atoms with Crippen LogP contribution in [0.2, 0.25) is 0 Å². The van der Waals surface area contributed by atoms with Crippen LogP contribution in [0.5, 0.6) is 0 Å². The van der Waals surface area contributed by atoms with Crippen molar-refractivity contribution >= 4 is 15.7 Å². The number of hydrogen-bond donors (Lipinski definition) is 0. The summed E-state index contributed by atoms with van der Waals surface area (Å²) in [6.45, 7) is 0.755. The lowest BCUT2D eigenvalue weighted by atomic mass is 9.77. The molecule has 1 aromatic rings. The summed E-state index contributed by atoms with van der Waals surface area (Å²) >= 11 is 0. The van der Waals surface area contributed by atoms with Gasteiger partial charge in [-0.05, 0) is 37.0 Å². The molecule has 1 saturated heterocycles. The molecule has 1 amide bonds. The quantitative estimate of drug-likeness (QED) is 0.831. The van der Waals surface area contributed by atoms with Gasteiger partial charge in [-0.15, -0.1) is 0 Å². The maximum Gasteiger partial charge on any atom is 0.233 e. The van der Waals surface area contributed by atoms with Crippen molar-refractivity contribution in [2.75, 3.05) is 24.6 Å². The van der Waals surface area contributed by atoms with Crippen LogP contribution in [-0.4, -0.2) is 43.8 Å². The molecule has 0 spiro atoms. The Hall–Kier alpha value is -1.43. The van der Waals surface area contributed by atoms with Crippen molar-refractivity contribution in [1.82, 2.24) is 4.90 Å². The van der Waals surface area contributed by atoms with Crippen molar-refractivity contribution in [2.45, 2.75) is 37.5 Å². The predicted octanol–water partition coefficient (Wildman–Crippen LogP) is 2.28. The van der Waals surface area contributed by atoms with Gasteiger partial charge < -0.3 is 4.90 Å². The van der Waals surface area contributed by atoms with E-state index in [0.29, 0.717) is 13.0 Å². The lowest BCUT2D eigenvalue weighted by molar-refractivity contribution is -0.137. The highest BCUT2D eigenvalue weighted by atomic mass is 32.2. The van der Waals surface area contributed by atoms with E-state index in [9.17, 15) is 17.6 Å². The van der Waals surface area contributed by atoms with Crippen molar-refractivity contribution in [3.63, 3.8) is 0 Å². The second-order valence-electron chi connectivity index (χ2n) is 6.59. The first kappa shape index (κ1) is 16.4. The van der Waals surface area contributed by atoms with Crippen LogP contribution >= 0.6 is 0 Å². The maximum atomic E-state index is 13.2. The number of sulfone groups is 1. The van der Waals surface area contributed by atoms with Crippen LogP contribution in [0.25, 0.3) is 0 Å². The second kappa shape index (κ2) is 6.23. The van der Waals surface area contributed by atoms with Gasteiger partial charge in [0.2, 0.25) is 5.91 Å². The molecule has 3 rings (SSSR count). The van der Waals surface area contributed by atoms with Crippen molar-refractivity contribution < 1.29 is 17.6 Å². The molecule has 4 nitrogen and oxygen atoms in total. The van der Waals surface area contributed by atoms with Crippen LogP contribution in [0.15, 0.2) is 24.3 Å². The number of rotatable bonds is 2. The van der Waals surface area contributed by atoms with Gasteiger partial charge in [0.1, 0.15) is 5.82 Å². The highest BCUT2D eigenvalue weighted by molar-refractivity contribution is 7.91. The molecule has 2 aliphatic rings. The first-order chi connectivity index (χ1) is 10.9.